The topological polar surface area (TPSA) is 122 Å². The third-order valence-electron chi connectivity index (χ3n) is 1.67. The van der Waals surface area contributed by atoms with Crippen molar-refractivity contribution in [3.63, 3.8) is 0 Å². The fourth-order valence-electron chi connectivity index (χ4n) is 1.06. The van der Waals surface area contributed by atoms with Gasteiger partial charge in [-0.2, -0.15) is 0 Å². The highest BCUT2D eigenvalue weighted by molar-refractivity contribution is 7.52. The lowest BCUT2D eigenvalue weighted by Gasteiger charge is -2.29. The Hall–Kier alpha value is -0.460. The van der Waals surface area contributed by atoms with E-state index in [0.717, 1.165) is 0 Å². The van der Waals surface area contributed by atoms with Crippen LogP contribution < -0.4 is 5.06 Å². The van der Waals surface area contributed by atoms with Crippen molar-refractivity contribution >= 4 is 13.6 Å². The molecular weight excluding hydrogens is 213 g/mol. The Morgan fingerprint density at radius 3 is 2.36 bits per heavy atom. The highest BCUT2D eigenvalue weighted by Crippen LogP contribution is 2.39. The number of carbonyl (C=O) groups is 1. The van der Waals surface area contributed by atoms with Crippen molar-refractivity contribution in [2.24, 2.45) is 0 Å². The van der Waals surface area contributed by atoms with E-state index in [4.69, 9.17) is 14.9 Å². The van der Waals surface area contributed by atoms with E-state index in [1.165, 1.54) is 0 Å². The van der Waals surface area contributed by atoms with E-state index in [0.29, 0.717) is 6.42 Å². The summed E-state index contributed by atoms with van der Waals surface area (Å²) in [4.78, 5) is 27.7. The van der Waals surface area contributed by atoms with Crippen molar-refractivity contribution in [3.05, 3.63) is 5.21 Å². The second-order valence-electron chi connectivity index (χ2n) is 2.93. The summed E-state index contributed by atoms with van der Waals surface area (Å²) in [5.74, 6) is -2.84. The van der Waals surface area contributed by atoms with Gasteiger partial charge in [0.2, 0.25) is 0 Å². The highest BCUT2D eigenvalue weighted by atomic mass is 31.2. The Labute approximate surface area is 81.1 Å². The van der Waals surface area contributed by atoms with Crippen LogP contribution in [-0.4, -0.2) is 33.2 Å². The van der Waals surface area contributed by atoms with Gasteiger partial charge in [0.05, 0.1) is 0 Å². The Morgan fingerprint density at radius 2 is 2.07 bits per heavy atom. The molecule has 0 aliphatic heterocycles. The molecule has 0 saturated carbocycles. The average Bonchev–Trinajstić information content (AvgIpc) is 1.96. The molecule has 0 rings (SSSR count). The number of quaternary nitrogens is 1. The van der Waals surface area contributed by atoms with E-state index in [-0.39, 0.29) is 6.42 Å². The number of aliphatic carboxylic acids is 1. The van der Waals surface area contributed by atoms with Gasteiger partial charge in [0.1, 0.15) is 0 Å². The van der Waals surface area contributed by atoms with Crippen LogP contribution in [0.3, 0.4) is 0 Å². The molecule has 0 aromatic carbocycles. The molecule has 0 aliphatic carbocycles. The standard InChI is InChI=1S/C6H14NO6P/c1-2-3-5(14(11,12)13)7(10)4-6(8)9/h5,7H,2-4H2,1H3,(H,8,9)(H2,11,12,13). The molecule has 2 unspecified atom stereocenters. The van der Waals surface area contributed by atoms with Crippen LogP contribution in [0.4, 0.5) is 0 Å². The Kier molecular flexibility index (Phi) is 5.25. The van der Waals surface area contributed by atoms with Crippen LogP contribution in [0.15, 0.2) is 0 Å². The summed E-state index contributed by atoms with van der Waals surface area (Å²) in [5.41, 5.74) is 0. The largest absolute Gasteiger partial charge is 0.633 e. The quantitative estimate of drug-likeness (QED) is 0.332. The minimum absolute atomic E-state index is 0.0103. The SMILES string of the molecule is CCCC([NH+]([O-])CC(=O)O)P(=O)(O)O. The van der Waals surface area contributed by atoms with Gasteiger partial charge in [-0.1, -0.05) is 6.92 Å². The van der Waals surface area contributed by atoms with Crippen LogP contribution in [0.2, 0.25) is 0 Å². The summed E-state index contributed by atoms with van der Waals surface area (Å²) in [7, 11) is -4.52. The van der Waals surface area contributed by atoms with Crippen molar-refractivity contribution in [1.29, 1.82) is 0 Å². The average molecular weight is 227 g/mol. The molecule has 0 radical (unpaired) electrons. The maximum atomic E-state index is 11.1. The predicted octanol–water partition coefficient (Wildman–Crippen LogP) is -1.24. The maximum absolute atomic E-state index is 11.1. The van der Waals surface area contributed by atoms with Crippen molar-refractivity contribution in [2.45, 2.75) is 25.5 Å². The molecular formula is C6H14NO6P. The molecule has 4 N–H and O–H groups in total. The molecule has 8 heteroatoms. The Morgan fingerprint density at radius 1 is 1.57 bits per heavy atom. The molecule has 14 heavy (non-hydrogen) atoms. The summed E-state index contributed by atoms with van der Waals surface area (Å²) < 4.78 is 10.8. The number of carboxylic acids is 1. The van der Waals surface area contributed by atoms with Gasteiger partial charge in [-0.3, -0.25) is 4.57 Å². The van der Waals surface area contributed by atoms with Gasteiger partial charge in [-0.05, 0) is 6.42 Å². The molecule has 84 valence electrons. The Bertz CT molecular complexity index is 238. The molecule has 0 aromatic rings. The number of hydrogen-bond acceptors (Lipinski definition) is 3. The molecule has 0 aromatic heterocycles. The van der Waals surface area contributed by atoms with Gasteiger partial charge >= 0.3 is 13.6 Å². The first-order chi connectivity index (χ1) is 6.29. The van der Waals surface area contributed by atoms with Crippen LogP contribution in [0.25, 0.3) is 0 Å². The summed E-state index contributed by atoms with van der Waals surface area (Å²) >= 11 is 0. The molecule has 0 bridgehead atoms. The van der Waals surface area contributed by atoms with Crippen LogP contribution in [0.5, 0.6) is 0 Å². The van der Waals surface area contributed by atoms with Gasteiger partial charge in [-0.15, -0.1) is 0 Å². The van der Waals surface area contributed by atoms with Crippen molar-refractivity contribution < 1.29 is 29.3 Å². The van der Waals surface area contributed by atoms with Gasteiger partial charge in [-0.25, -0.2) is 4.79 Å². The second-order valence-corrected chi connectivity index (χ2v) is 4.73. The first-order valence-corrected chi connectivity index (χ1v) is 5.77. The van der Waals surface area contributed by atoms with Crippen molar-refractivity contribution in [2.75, 3.05) is 6.54 Å². The molecule has 0 fully saturated rings. The summed E-state index contributed by atoms with van der Waals surface area (Å²) in [6, 6.07) is 0. The molecule has 0 spiro atoms. The van der Waals surface area contributed by atoms with Gasteiger partial charge < -0.3 is 25.2 Å². The fourth-order valence-corrected chi connectivity index (χ4v) is 2.12. The fraction of sp³-hybridized carbons (Fsp3) is 0.833. The minimum atomic E-state index is -4.52. The van der Waals surface area contributed by atoms with E-state index >= 15 is 0 Å². The molecule has 0 aliphatic rings. The van der Waals surface area contributed by atoms with Gasteiger partial charge in [0.25, 0.3) is 0 Å². The third kappa shape index (κ3) is 4.69. The normalized spacial score (nSPS) is 16.3. The monoisotopic (exact) mass is 227 g/mol. The number of hydroxylamine groups is 2. The maximum Gasteiger partial charge on any atom is 0.382 e. The van der Waals surface area contributed by atoms with E-state index < -0.39 is 31.0 Å². The zero-order valence-corrected chi connectivity index (χ0v) is 8.61. The smallest absolute Gasteiger partial charge is 0.382 e. The molecule has 0 amide bonds. The van der Waals surface area contributed by atoms with Crippen LogP contribution in [0, 0.1) is 5.21 Å². The highest BCUT2D eigenvalue weighted by Gasteiger charge is 2.34. The molecule has 2 atom stereocenters. The molecule has 0 saturated heterocycles. The molecule has 0 heterocycles. The third-order valence-corrected chi connectivity index (χ3v) is 3.02. The predicted molar refractivity (Wildman–Crippen MR) is 47.6 cm³/mol. The summed E-state index contributed by atoms with van der Waals surface area (Å²) in [5, 5.41) is 18.5. The zero-order valence-electron chi connectivity index (χ0n) is 7.71. The Balaban J connectivity index is 4.49. The van der Waals surface area contributed by atoms with Gasteiger partial charge in [0.15, 0.2) is 12.3 Å². The van der Waals surface area contributed by atoms with Crippen molar-refractivity contribution in [1.82, 2.24) is 0 Å². The summed E-state index contributed by atoms with van der Waals surface area (Å²) in [6.45, 7) is 0.826. The van der Waals surface area contributed by atoms with Crippen LogP contribution >= 0.6 is 7.60 Å². The number of nitrogens with one attached hydrogen (secondary N) is 1. The summed E-state index contributed by atoms with van der Waals surface area (Å²) in [6.07, 6.45) is 0.428. The van der Waals surface area contributed by atoms with Crippen LogP contribution in [-0.2, 0) is 9.36 Å². The lowest BCUT2D eigenvalue weighted by atomic mass is 10.3. The van der Waals surface area contributed by atoms with E-state index in [9.17, 15) is 14.6 Å². The lowest BCUT2D eigenvalue weighted by molar-refractivity contribution is -0.854. The first-order valence-electron chi connectivity index (χ1n) is 4.08. The second kappa shape index (κ2) is 5.43. The van der Waals surface area contributed by atoms with E-state index in [1.54, 1.807) is 6.92 Å². The van der Waals surface area contributed by atoms with Gasteiger partial charge in [0, 0.05) is 6.42 Å². The number of carboxylic acid groups (broad SMARTS) is 1. The van der Waals surface area contributed by atoms with E-state index in [1.807, 2.05) is 0 Å². The zero-order chi connectivity index (χ0) is 11.4. The minimum Gasteiger partial charge on any atom is -0.633 e. The van der Waals surface area contributed by atoms with E-state index in [2.05, 4.69) is 0 Å². The number of hydrogen-bond donors (Lipinski definition) is 4. The first kappa shape index (κ1) is 13.5. The van der Waals surface area contributed by atoms with Crippen LogP contribution in [0.1, 0.15) is 19.8 Å². The number of rotatable bonds is 6. The lowest BCUT2D eigenvalue weighted by Crippen LogP contribution is -3.12. The molecule has 7 nitrogen and oxygen atoms in total. The van der Waals surface area contributed by atoms with Crippen molar-refractivity contribution in [3.8, 4) is 0 Å².